The van der Waals surface area contributed by atoms with Crippen LogP contribution >= 0.6 is 79.1 Å². The SMILES string of the molecule is CCN1/C(=C/C=C2/SC(=S)N(C)C2=O)Sc2ccccc21.CN1/C(=C\C=C2/SC(=S)N(c3ccc(P(=O)(O)O)cc3)C2=O)Sc2cc(C(O)O)ccc21.CN1C(=CC2=C([O-])C(=CC3=[N+](C)c4ccc(C(=O)O)cc4C3(C)C)C2=O)C(C)(C)c2cc(C(O)O)ccc21. The average Bonchev–Trinajstić information content (AvgIpc) is 1.63. The van der Waals surface area contributed by atoms with E-state index in [4.69, 9.17) is 24.4 Å². The molecular formula is C65H61N6O13PS6. The number of likely N-dealkylation sites (N-methyl/N-ethyl adjacent to an activating group) is 2. The Balaban J connectivity index is 0.000000156. The second-order valence-corrected chi connectivity index (χ2v) is 29.6. The number of hydrogen-bond acceptors (Lipinski definition) is 19. The zero-order valence-corrected chi connectivity index (χ0v) is 56.1. The maximum atomic E-state index is 13.3. The minimum atomic E-state index is -4.37. The molecule has 2 saturated heterocycles. The van der Waals surface area contributed by atoms with E-state index in [-0.39, 0.29) is 45.4 Å². The Kier molecular flexibility index (Phi) is 18.8. The molecule has 0 aromatic heterocycles. The van der Waals surface area contributed by atoms with E-state index in [9.17, 15) is 64.2 Å². The number of aromatic carboxylic acids is 1. The van der Waals surface area contributed by atoms with E-state index in [1.165, 1.54) is 68.2 Å². The molecule has 26 heteroatoms. The zero-order valence-electron chi connectivity index (χ0n) is 50.3. The number of Topliss-reactive ketones (excluding diaryl/α,β-unsaturated/α-hetero) is 1. The first kappa shape index (κ1) is 66.7. The number of fused-ring (bicyclic) bond motifs is 4. The molecule has 470 valence electrons. The van der Waals surface area contributed by atoms with Crippen LogP contribution < -0.4 is 30.0 Å². The Bertz CT molecular complexity index is 4310. The summed E-state index contributed by atoms with van der Waals surface area (Å²) in [7, 11) is 2.91. The van der Waals surface area contributed by atoms with Gasteiger partial charge >= 0.3 is 13.6 Å². The summed E-state index contributed by atoms with van der Waals surface area (Å²) in [4.78, 5) is 80.3. The lowest BCUT2D eigenvalue weighted by Crippen LogP contribution is -2.34. The maximum absolute atomic E-state index is 13.3. The summed E-state index contributed by atoms with van der Waals surface area (Å²) < 4.78 is 14.2. The number of carbonyl (C=O) groups excluding carboxylic acids is 3. The zero-order chi connectivity index (χ0) is 66.1. The number of para-hydroxylation sites is 1. The van der Waals surface area contributed by atoms with Crippen molar-refractivity contribution in [1.82, 2.24) is 4.90 Å². The van der Waals surface area contributed by atoms with Crippen LogP contribution in [0.4, 0.5) is 28.4 Å². The monoisotopic (exact) mass is 1360 g/mol. The van der Waals surface area contributed by atoms with Gasteiger partial charge in [0.05, 0.1) is 53.2 Å². The molecule has 0 saturated carbocycles. The van der Waals surface area contributed by atoms with Crippen LogP contribution in [0, 0.1) is 0 Å². The van der Waals surface area contributed by atoms with Crippen LogP contribution in [0.1, 0.15) is 79.8 Å². The number of aliphatic hydroxyl groups excluding tert-OH is 2. The van der Waals surface area contributed by atoms with Crippen LogP contribution in [0.2, 0.25) is 0 Å². The van der Waals surface area contributed by atoms with Gasteiger partial charge in [-0.15, -0.1) is 0 Å². The van der Waals surface area contributed by atoms with Crippen molar-refractivity contribution in [3.05, 3.63) is 210 Å². The molecule has 91 heavy (non-hydrogen) atoms. The fourth-order valence-electron chi connectivity index (χ4n) is 11.2. The number of rotatable bonds is 10. The topological polar surface area (TPSA) is 269 Å². The van der Waals surface area contributed by atoms with Gasteiger partial charge in [-0.2, -0.15) is 4.58 Å². The molecular weight excluding hydrogens is 1300 g/mol. The van der Waals surface area contributed by atoms with Crippen molar-refractivity contribution in [2.24, 2.45) is 0 Å². The second-order valence-electron chi connectivity index (χ2n) is 22.5. The Morgan fingerprint density at radius 1 is 0.670 bits per heavy atom. The molecule has 1 aliphatic carbocycles. The summed E-state index contributed by atoms with van der Waals surface area (Å²) in [5.74, 6) is -2.04. The third-order valence-corrected chi connectivity index (χ3v) is 22.4. The fraction of sp³-hybridized carbons (Fsp3) is 0.215. The highest BCUT2D eigenvalue weighted by atomic mass is 32.2. The number of thiocarbonyl (C=S) groups is 2. The summed E-state index contributed by atoms with van der Waals surface area (Å²) in [6.07, 6.45) is 7.48. The Hall–Kier alpha value is -7.20. The highest BCUT2D eigenvalue weighted by Crippen LogP contribution is 2.51. The standard InChI is InChI=1S/C30H30N2O6.C20H17N2O6PS3.C15H14N2OS3/c1-29(2)19-11-15(27(35)36)7-9-21(19)31(5)23(29)13-17-25(33)18(26(17)34)14-24-30(3,4)20-12-16(28(37)38)8-10-22(20)32(24)6;1-21-14-7-2-11(19(24)25)10-16(14)31-17(21)9-8-15-18(23)22(20(30)32-15)12-3-5-13(6-4-12)29(26,27)28;1-3-17-10-6-4-5-7-11(10)20-13(17)9-8-12-14(18)16(2)15(19)21-12/h7-14,27,35-36H,1-6H3,(H-,33,34,37,38);2-10,19,24-25H,1H3,(H2,26,27,28);4-9H,3H2,1-2H3/b;15-8-,17-9+;12-8+,13-9-. The van der Waals surface area contributed by atoms with E-state index in [0.717, 1.165) is 72.9 Å². The van der Waals surface area contributed by atoms with Gasteiger partial charge in [-0.05, 0) is 130 Å². The number of aliphatic hydroxyl groups is 4. The summed E-state index contributed by atoms with van der Waals surface area (Å²) in [6, 6.07) is 29.1. The first-order valence-corrected chi connectivity index (χ1v) is 33.7. The molecule has 2 amide bonds. The van der Waals surface area contributed by atoms with Crippen molar-refractivity contribution < 1.29 is 68.7 Å². The molecule has 0 radical (unpaired) electrons. The number of nitrogens with zero attached hydrogens (tertiary/aromatic N) is 6. The highest BCUT2D eigenvalue weighted by molar-refractivity contribution is 8.27. The first-order chi connectivity index (χ1) is 42.8. The van der Waals surface area contributed by atoms with Gasteiger partial charge in [0.15, 0.2) is 28.4 Å². The van der Waals surface area contributed by atoms with E-state index in [1.54, 1.807) is 97.7 Å². The van der Waals surface area contributed by atoms with Crippen molar-refractivity contribution in [2.75, 3.05) is 54.3 Å². The molecule has 6 aliphatic heterocycles. The van der Waals surface area contributed by atoms with Crippen LogP contribution in [-0.2, 0) is 29.8 Å². The van der Waals surface area contributed by atoms with Gasteiger partial charge < -0.3 is 55.1 Å². The van der Waals surface area contributed by atoms with Crippen LogP contribution in [0.15, 0.2) is 192 Å². The van der Waals surface area contributed by atoms with E-state index in [1.807, 2.05) is 87.5 Å². The minimum absolute atomic E-state index is 0.0228. The Morgan fingerprint density at radius 2 is 1.27 bits per heavy atom. The molecule has 19 nitrogen and oxygen atoms in total. The molecule has 0 atom stereocenters. The number of amides is 2. The molecule has 0 bridgehead atoms. The number of allylic oxidation sites excluding steroid dienone is 9. The van der Waals surface area contributed by atoms with Crippen molar-refractivity contribution in [3.8, 4) is 0 Å². The molecule has 5 aromatic rings. The lowest BCUT2D eigenvalue weighted by molar-refractivity contribution is -0.401. The van der Waals surface area contributed by atoms with Gasteiger partial charge in [-0.1, -0.05) is 115 Å². The lowest BCUT2D eigenvalue weighted by atomic mass is 9.77. The number of ketones is 1. The quantitative estimate of drug-likeness (QED) is 0.0225. The number of carboxylic acid groups (broad SMARTS) is 1. The van der Waals surface area contributed by atoms with Gasteiger partial charge in [-0.3, -0.25) is 28.7 Å². The van der Waals surface area contributed by atoms with Crippen molar-refractivity contribution >= 4 is 151 Å². The molecule has 5 aromatic carbocycles. The summed E-state index contributed by atoms with van der Waals surface area (Å²) >= 11 is 16.1. The van der Waals surface area contributed by atoms with E-state index >= 15 is 0 Å². The van der Waals surface area contributed by atoms with E-state index < -0.39 is 37.0 Å². The minimum Gasteiger partial charge on any atom is -0.871 e. The van der Waals surface area contributed by atoms with Crippen molar-refractivity contribution in [3.63, 3.8) is 0 Å². The van der Waals surface area contributed by atoms with E-state index in [2.05, 4.69) is 24.0 Å². The number of benzene rings is 5. The van der Waals surface area contributed by atoms with Gasteiger partial charge in [0.1, 0.15) is 11.4 Å². The lowest BCUT2D eigenvalue weighted by Gasteiger charge is -2.32. The summed E-state index contributed by atoms with van der Waals surface area (Å²) in [6.45, 7) is 10.8. The molecule has 7 N–H and O–H groups in total. The number of carboxylic acids is 1. The smallest absolute Gasteiger partial charge is 0.356 e. The predicted molar refractivity (Wildman–Crippen MR) is 365 cm³/mol. The van der Waals surface area contributed by atoms with Gasteiger partial charge in [0, 0.05) is 94.3 Å². The molecule has 0 unspecified atom stereocenters. The molecule has 0 spiro atoms. The third-order valence-electron chi connectivity index (χ3n) is 16.3. The second kappa shape index (κ2) is 25.7. The summed E-state index contributed by atoms with van der Waals surface area (Å²) in [5, 5.41) is 62.5. The van der Waals surface area contributed by atoms with Crippen LogP contribution in [0.25, 0.3) is 0 Å². The number of thioether (sulfide) groups is 4. The predicted octanol–water partition coefficient (Wildman–Crippen LogP) is 9.45. The molecule has 2 fully saturated rings. The fourth-order valence-corrected chi connectivity index (χ4v) is 16.3. The highest BCUT2D eigenvalue weighted by Gasteiger charge is 2.46. The maximum Gasteiger partial charge on any atom is 0.356 e. The number of hydrogen-bond donors (Lipinski definition) is 7. The van der Waals surface area contributed by atoms with E-state index in [0.29, 0.717) is 35.3 Å². The summed E-state index contributed by atoms with van der Waals surface area (Å²) in [5.41, 5.74) is 7.41. The largest absolute Gasteiger partial charge is 0.871 e. The first-order valence-electron chi connectivity index (χ1n) is 28.0. The van der Waals surface area contributed by atoms with Crippen LogP contribution in [0.5, 0.6) is 0 Å². The van der Waals surface area contributed by atoms with Crippen LogP contribution in [-0.4, -0.2) is 117 Å². The third kappa shape index (κ3) is 12.6. The molecule has 6 heterocycles. The Morgan fingerprint density at radius 3 is 1.88 bits per heavy atom. The number of carbonyl (C=O) groups is 4. The van der Waals surface area contributed by atoms with Crippen LogP contribution in [0.3, 0.4) is 0 Å². The normalized spacial score (nSPS) is 20.7. The van der Waals surface area contributed by atoms with Gasteiger partial charge in [0.2, 0.25) is 5.69 Å². The Labute approximate surface area is 552 Å². The number of anilines is 4. The molecule has 12 rings (SSSR count). The van der Waals surface area contributed by atoms with Crippen molar-refractivity contribution in [1.29, 1.82) is 0 Å². The molecule has 7 aliphatic rings. The van der Waals surface area contributed by atoms with Crippen molar-refractivity contribution in [2.45, 2.75) is 67.8 Å². The van der Waals surface area contributed by atoms with Gasteiger partial charge in [0.25, 0.3) is 11.8 Å². The van der Waals surface area contributed by atoms with Gasteiger partial charge in [-0.25, -0.2) is 4.79 Å². The average molecular weight is 1360 g/mol.